The number of fused-ring (bicyclic) bond motifs is 1. The molecule has 17 nitrogen and oxygen atoms in total. The van der Waals surface area contributed by atoms with Crippen molar-refractivity contribution in [2.24, 2.45) is 16.8 Å². The molecule has 0 aliphatic rings. The number of imidazole rings is 1. The second-order valence-corrected chi connectivity index (χ2v) is 7.30. The molecule has 3 rings (SSSR count). The Kier molecular flexibility index (Phi) is 10.4. The van der Waals surface area contributed by atoms with E-state index in [1.165, 1.54) is 26.0 Å². The molecule has 0 aromatic carbocycles. The third kappa shape index (κ3) is 9.97. The van der Waals surface area contributed by atoms with Crippen molar-refractivity contribution in [3.05, 3.63) is 40.5 Å². The van der Waals surface area contributed by atoms with Crippen molar-refractivity contribution in [3.63, 3.8) is 0 Å². The standard InChI is InChI=1S/C14H19N5O4.C6H6N4O4/c1-9(20)22-6-11(7-23-10(2)21)3-4-19-8-17-12-5-16-14(15)18-13(12)19;7-6(11)9-8-3-4-1-2-5(14-4)10(12)13/h5,8,11H,3-4,6-7H2,1-2H3,(H2,15,16,18);1-3H,(H3,7,9,11)/b;8-3+. The number of ether oxygens (including phenoxy) is 2. The van der Waals surface area contributed by atoms with Gasteiger partial charge in [-0.2, -0.15) is 10.1 Å². The third-order valence-corrected chi connectivity index (χ3v) is 4.36. The van der Waals surface area contributed by atoms with Gasteiger partial charge in [0.1, 0.15) is 10.4 Å². The van der Waals surface area contributed by atoms with Crippen molar-refractivity contribution in [1.82, 2.24) is 24.9 Å². The van der Waals surface area contributed by atoms with Crippen molar-refractivity contribution in [3.8, 4) is 0 Å². The molecule has 0 saturated heterocycles. The van der Waals surface area contributed by atoms with Gasteiger partial charge in [-0.15, -0.1) is 0 Å². The predicted molar refractivity (Wildman–Crippen MR) is 127 cm³/mol. The van der Waals surface area contributed by atoms with Crippen LogP contribution in [0.1, 0.15) is 26.0 Å². The first-order chi connectivity index (χ1) is 17.5. The van der Waals surface area contributed by atoms with Crippen LogP contribution in [0, 0.1) is 16.0 Å². The first-order valence-corrected chi connectivity index (χ1v) is 10.6. The zero-order valence-electron chi connectivity index (χ0n) is 19.9. The van der Waals surface area contributed by atoms with Gasteiger partial charge >= 0.3 is 23.9 Å². The minimum Gasteiger partial charge on any atom is -0.465 e. The normalized spacial score (nSPS) is 10.7. The molecule has 37 heavy (non-hydrogen) atoms. The lowest BCUT2D eigenvalue weighted by Crippen LogP contribution is -2.24. The van der Waals surface area contributed by atoms with E-state index in [9.17, 15) is 24.5 Å². The summed E-state index contributed by atoms with van der Waals surface area (Å²) in [4.78, 5) is 53.8. The van der Waals surface area contributed by atoms with E-state index < -0.39 is 16.8 Å². The molecule has 3 aromatic rings. The van der Waals surface area contributed by atoms with Crippen LogP contribution in [-0.2, 0) is 25.6 Å². The topological polar surface area (TPSA) is 246 Å². The minimum atomic E-state index is -0.831. The van der Waals surface area contributed by atoms with Crippen LogP contribution in [0.25, 0.3) is 11.2 Å². The minimum absolute atomic E-state index is 0.112. The number of amides is 2. The van der Waals surface area contributed by atoms with Crippen molar-refractivity contribution < 1.29 is 33.2 Å². The van der Waals surface area contributed by atoms with Crippen molar-refractivity contribution in [2.75, 3.05) is 18.9 Å². The molecule has 0 unspecified atom stereocenters. The summed E-state index contributed by atoms with van der Waals surface area (Å²) in [6.45, 7) is 3.62. The number of rotatable bonds is 10. The summed E-state index contributed by atoms with van der Waals surface area (Å²) in [5, 5.41) is 13.5. The number of esters is 2. The Hall–Kier alpha value is -5.09. The van der Waals surface area contributed by atoms with Crippen molar-refractivity contribution >= 4 is 47.2 Å². The highest BCUT2D eigenvalue weighted by Gasteiger charge is 2.15. The number of carbonyl (C=O) groups excluding carboxylic acids is 3. The Morgan fingerprint density at radius 1 is 1.24 bits per heavy atom. The fourth-order valence-electron chi connectivity index (χ4n) is 2.71. The van der Waals surface area contributed by atoms with E-state index in [1.807, 2.05) is 9.99 Å². The van der Waals surface area contributed by atoms with Crippen molar-refractivity contribution in [1.29, 1.82) is 0 Å². The molecular weight excluding hydrogens is 494 g/mol. The molecule has 0 aliphatic heterocycles. The quantitative estimate of drug-likeness (QED) is 0.145. The molecule has 5 N–H and O–H groups in total. The number of nitrogens with zero attached hydrogens (tertiary/aromatic N) is 6. The van der Waals surface area contributed by atoms with Crippen LogP contribution in [0.3, 0.4) is 0 Å². The van der Waals surface area contributed by atoms with E-state index in [-0.39, 0.29) is 42.8 Å². The lowest BCUT2D eigenvalue weighted by Gasteiger charge is -2.16. The summed E-state index contributed by atoms with van der Waals surface area (Å²) in [7, 11) is 0. The largest absolute Gasteiger partial charge is 0.465 e. The summed E-state index contributed by atoms with van der Waals surface area (Å²) in [5.74, 6) is -0.927. The van der Waals surface area contributed by atoms with Gasteiger partial charge in [-0.1, -0.05) is 0 Å². The highest BCUT2D eigenvalue weighted by molar-refractivity contribution is 5.79. The number of aryl methyl sites for hydroxylation is 1. The molecular formula is C20H25N9O8. The maximum absolute atomic E-state index is 11.0. The number of nitro groups is 1. The first kappa shape index (κ1) is 28.1. The zero-order valence-corrected chi connectivity index (χ0v) is 19.9. The fourth-order valence-corrected chi connectivity index (χ4v) is 2.71. The van der Waals surface area contributed by atoms with Gasteiger partial charge in [0.25, 0.3) is 0 Å². The number of carbonyl (C=O) groups is 3. The maximum atomic E-state index is 11.0. The molecule has 0 radical (unpaired) electrons. The summed E-state index contributed by atoms with van der Waals surface area (Å²) in [5.41, 5.74) is 13.5. The number of primary amides is 1. The van der Waals surface area contributed by atoms with Gasteiger partial charge in [0.15, 0.2) is 11.4 Å². The number of hydrazone groups is 1. The molecule has 198 valence electrons. The molecule has 3 heterocycles. The summed E-state index contributed by atoms with van der Waals surface area (Å²) >= 11 is 0. The van der Waals surface area contributed by atoms with Crippen LogP contribution in [0.5, 0.6) is 0 Å². The van der Waals surface area contributed by atoms with Crippen LogP contribution in [0.4, 0.5) is 16.6 Å². The van der Waals surface area contributed by atoms with Crippen LogP contribution in [0.2, 0.25) is 0 Å². The van der Waals surface area contributed by atoms with E-state index in [4.69, 9.17) is 20.9 Å². The third-order valence-electron chi connectivity index (χ3n) is 4.36. The first-order valence-electron chi connectivity index (χ1n) is 10.6. The lowest BCUT2D eigenvalue weighted by molar-refractivity contribution is -0.402. The van der Waals surface area contributed by atoms with E-state index in [0.29, 0.717) is 24.1 Å². The van der Waals surface area contributed by atoms with E-state index in [0.717, 1.165) is 6.21 Å². The summed E-state index contributed by atoms with van der Waals surface area (Å²) in [6, 6.07) is 1.68. The Bertz CT molecular complexity index is 1250. The number of nitrogen functional groups attached to an aromatic ring is 1. The van der Waals surface area contributed by atoms with Crippen LogP contribution < -0.4 is 16.9 Å². The summed E-state index contributed by atoms with van der Waals surface area (Å²) < 4.78 is 16.5. The van der Waals surface area contributed by atoms with Gasteiger partial charge in [0.05, 0.1) is 38.0 Å². The van der Waals surface area contributed by atoms with Gasteiger partial charge in [0.2, 0.25) is 5.95 Å². The number of aromatic nitrogens is 4. The second kappa shape index (κ2) is 13.7. The van der Waals surface area contributed by atoms with E-state index >= 15 is 0 Å². The predicted octanol–water partition coefficient (Wildman–Crippen LogP) is 0.731. The van der Waals surface area contributed by atoms with E-state index in [2.05, 4.69) is 24.5 Å². The molecule has 0 atom stereocenters. The Morgan fingerprint density at radius 2 is 1.92 bits per heavy atom. The SMILES string of the molecule is CC(=O)OCC(CCn1cnc2cnc(N)nc21)COC(C)=O.NC(=O)N/N=C/c1ccc([N+](=O)[O-])o1. The molecule has 0 fully saturated rings. The maximum Gasteiger partial charge on any atom is 0.433 e. The smallest absolute Gasteiger partial charge is 0.433 e. The zero-order chi connectivity index (χ0) is 27.4. The highest BCUT2D eigenvalue weighted by atomic mass is 16.6. The number of hydrogen-bond donors (Lipinski definition) is 3. The van der Waals surface area contributed by atoms with Crippen molar-refractivity contribution in [2.45, 2.75) is 26.8 Å². The molecule has 2 amide bonds. The van der Waals surface area contributed by atoms with Gasteiger partial charge in [-0.3, -0.25) is 19.7 Å². The van der Waals surface area contributed by atoms with Crippen LogP contribution >= 0.6 is 0 Å². The molecule has 17 heteroatoms. The number of urea groups is 1. The fraction of sp³-hybridized carbons (Fsp3) is 0.350. The van der Waals surface area contributed by atoms with Crippen LogP contribution in [-0.4, -0.2) is 61.8 Å². The molecule has 0 saturated carbocycles. The average Bonchev–Trinajstić information content (AvgIpc) is 3.45. The molecule has 0 spiro atoms. The molecule has 0 aliphatic carbocycles. The van der Waals surface area contributed by atoms with E-state index in [1.54, 1.807) is 12.5 Å². The number of hydrogen-bond acceptors (Lipinski definition) is 13. The molecule has 0 bridgehead atoms. The number of furan rings is 1. The number of nitrogens with two attached hydrogens (primary N) is 2. The highest BCUT2D eigenvalue weighted by Crippen LogP contribution is 2.14. The second-order valence-electron chi connectivity index (χ2n) is 7.30. The Labute approximate surface area is 209 Å². The van der Waals surface area contributed by atoms with Gasteiger partial charge in [-0.05, 0) is 12.5 Å². The monoisotopic (exact) mass is 519 g/mol. The van der Waals surface area contributed by atoms with Crippen LogP contribution in [0.15, 0.2) is 34.2 Å². The summed E-state index contributed by atoms with van der Waals surface area (Å²) in [6.07, 6.45) is 4.92. The van der Waals surface area contributed by atoms with Gasteiger partial charge in [-0.25, -0.2) is 20.2 Å². The lowest BCUT2D eigenvalue weighted by atomic mass is 10.1. The Morgan fingerprint density at radius 3 is 2.49 bits per heavy atom. The number of nitrogens with one attached hydrogen (secondary N) is 1. The van der Waals surface area contributed by atoms with Gasteiger partial charge in [0, 0.05) is 26.3 Å². The Balaban J connectivity index is 0.000000294. The molecule has 3 aromatic heterocycles. The van der Waals surface area contributed by atoms with Gasteiger partial charge < -0.3 is 29.9 Å². The average molecular weight is 519 g/mol. The number of anilines is 1.